The number of sulfonamides is 1. The number of hydrogen-bond acceptors (Lipinski definition) is 5. The predicted octanol–water partition coefficient (Wildman–Crippen LogP) is 4.78. The molecular weight excluding hydrogens is 594 g/mol. The Bertz CT molecular complexity index is 1380. The summed E-state index contributed by atoms with van der Waals surface area (Å²) in [4.78, 5) is 29.2. The van der Waals surface area contributed by atoms with Gasteiger partial charge in [-0.15, -0.1) is 0 Å². The molecule has 2 amide bonds. The molecule has 8 nitrogen and oxygen atoms in total. The van der Waals surface area contributed by atoms with Crippen molar-refractivity contribution in [3.8, 4) is 5.75 Å². The molecule has 1 N–H and O–H groups in total. The number of rotatable bonds is 14. The Morgan fingerprint density at radius 1 is 0.975 bits per heavy atom. The van der Waals surface area contributed by atoms with E-state index in [1.54, 1.807) is 24.3 Å². The van der Waals surface area contributed by atoms with E-state index in [1.165, 1.54) is 12.0 Å². The number of ether oxygens (including phenoxy) is 1. The molecule has 0 aliphatic heterocycles. The van der Waals surface area contributed by atoms with Gasteiger partial charge in [-0.3, -0.25) is 13.9 Å². The monoisotopic (exact) mass is 629 g/mol. The second kappa shape index (κ2) is 14.9. The van der Waals surface area contributed by atoms with E-state index in [0.717, 1.165) is 39.0 Å². The summed E-state index contributed by atoms with van der Waals surface area (Å²) in [5, 5.41) is 2.98. The van der Waals surface area contributed by atoms with Gasteiger partial charge in [-0.25, -0.2) is 8.42 Å². The third kappa shape index (κ3) is 9.09. The molecule has 0 unspecified atom stereocenters. The van der Waals surface area contributed by atoms with Gasteiger partial charge in [0.25, 0.3) is 0 Å². The quantitative estimate of drug-likeness (QED) is 0.259. The van der Waals surface area contributed by atoms with Crippen LogP contribution in [0, 0.1) is 0 Å². The van der Waals surface area contributed by atoms with Crippen molar-refractivity contribution in [3.05, 3.63) is 94.5 Å². The lowest BCUT2D eigenvalue weighted by Gasteiger charge is -2.33. The summed E-state index contributed by atoms with van der Waals surface area (Å²) in [5.74, 6) is -0.324. The average Bonchev–Trinajstić information content (AvgIpc) is 2.93. The standard InChI is InChI=1S/C30H36BrN3O5S/c1-4-5-17-32-30(36)28(19-23-11-7-6-8-12-23)33(21-24-13-9-14-25(31)18-24)29(35)22-34(40(3,37)38)26-15-10-16-27(20-26)39-2/h6-16,18,20,28H,4-5,17,19,21-22H2,1-3H3,(H,32,36)/t28-/m0/s1. The Labute approximate surface area is 245 Å². The normalized spacial score (nSPS) is 11.9. The molecule has 3 rings (SSSR count). The lowest BCUT2D eigenvalue weighted by molar-refractivity contribution is -0.140. The van der Waals surface area contributed by atoms with Gasteiger partial charge in [-0.2, -0.15) is 0 Å². The fourth-order valence-electron chi connectivity index (χ4n) is 4.27. The maximum atomic E-state index is 14.1. The second-order valence-electron chi connectivity index (χ2n) is 9.47. The van der Waals surface area contributed by atoms with Crippen molar-refractivity contribution in [1.29, 1.82) is 0 Å². The van der Waals surface area contributed by atoms with Crippen molar-refractivity contribution in [2.45, 2.75) is 38.8 Å². The number of nitrogens with zero attached hydrogens (tertiary/aromatic N) is 2. The van der Waals surface area contributed by atoms with Crippen LogP contribution in [0.2, 0.25) is 0 Å². The summed E-state index contributed by atoms with van der Waals surface area (Å²) >= 11 is 3.48. The minimum atomic E-state index is -3.85. The molecular formula is C30H36BrN3O5S. The molecule has 214 valence electrons. The molecule has 3 aromatic carbocycles. The molecule has 0 aromatic heterocycles. The Hall–Kier alpha value is -3.37. The largest absolute Gasteiger partial charge is 0.497 e. The zero-order valence-corrected chi connectivity index (χ0v) is 25.4. The third-order valence-electron chi connectivity index (χ3n) is 6.36. The molecule has 0 radical (unpaired) electrons. The van der Waals surface area contributed by atoms with Gasteiger partial charge >= 0.3 is 0 Å². The number of amides is 2. The Morgan fingerprint density at radius 2 is 1.68 bits per heavy atom. The Balaban J connectivity index is 2.04. The highest BCUT2D eigenvalue weighted by Gasteiger charge is 2.33. The van der Waals surface area contributed by atoms with Crippen LogP contribution in [-0.2, 0) is 32.6 Å². The van der Waals surface area contributed by atoms with Gasteiger partial charge in [0.2, 0.25) is 21.8 Å². The van der Waals surface area contributed by atoms with Crippen LogP contribution in [0.3, 0.4) is 0 Å². The van der Waals surface area contributed by atoms with Gasteiger partial charge in [0, 0.05) is 30.0 Å². The smallest absolute Gasteiger partial charge is 0.244 e. The highest BCUT2D eigenvalue weighted by molar-refractivity contribution is 9.10. The topological polar surface area (TPSA) is 96.0 Å². The predicted molar refractivity (Wildman–Crippen MR) is 162 cm³/mol. The van der Waals surface area contributed by atoms with E-state index in [0.29, 0.717) is 18.0 Å². The highest BCUT2D eigenvalue weighted by Crippen LogP contribution is 2.24. The zero-order valence-electron chi connectivity index (χ0n) is 23.0. The first-order valence-corrected chi connectivity index (χ1v) is 15.7. The fourth-order valence-corrected chi connectivity index (χ4v) is 5.56. The summed E-state index contributed by atoms with van der Waals surface area (Å²) in [5.41, 5.74) is 1.98. The molecule has 40 heavy (non-hydrogen) atoms. The van der Waals surface area contributed by atoms with Gasteiger partial charge in [-0.05, 0) is 41.8 Å². The van der Waals surface area contributed by atoms with E-state index in [2.05, 4.69) is 21.2 Å². The number of carbonyl (C=O) groups is 2. The van der Waals surface area contributed by atoms with Crippen LogP contribution >= 0.6 is 15.9 Å². The van der Waals surface area contributed by atoms with Crippen molar-refractivity contribution in [3.63, 3.8) is 0 Å². The maximum absolute atomic E-state index is 14.1. The van der Waals surface area contributed by atoms with Crippen LogP contribution in [0.4, 0.5) is 5.69 Å². The zero-order chi connectivity index (χ0) is 29.1. The maximum Gasteiger partial charge on any atom is 0.244 e. The van der Waals surface area contributed by atoms with Crippen molar-refractivity contribution >= 4 is 43.5 Å². The number of unbranched alkanes of at least 4 members (excludes halogenated alkanes) is 1. The van der Waals surface area contributed by atoms with Crippen LogP contribution in [0.5, 0.6) is 5.75 Å². The summed E-state index contributed by atoms with van der Waals surface area (Å²) in [6.07, 6.45) is 3.04. The van der Waals surface area contributed by atoms with Crippen LogP contribution in [-0.4, -0.2) is 57.6 Å². The SMILES string of the molecule is CCCCNC(=O)[C@H](Cc1ccccc1)N(Cc1cccc(Br)c1)C(=O)CN(c1cccc(OC)c1)S(C)(=O)=O. The number of carbonyl (C=O) groups excluding carboxylic acids is 2. The molecule has 0 heterocycles. The highest BCUT2D eigenvalue weighted by atomic mass is 79.9. The summed E-state index contributed by atoms with van der Waals surface area (Å²) in [7, 11) is -2.37. The van der Waals surface area contributed by atoms with Crippen molar-refractivity contribution in [2.75, 3.05) is 30.8 Å². The van der Waals surface area contributed by atoms with Crippen molar-refractivity contribution < 1.29 is 22.7 Å². The molecule has 10 heteroatoms. The van der Waals surface area contributed by atoms with E-state index in [9.17, 15) is 18.0 Å². The summed E-state index contributed by atoms with van der Waals surface area (Å²) < 4.78 is 32.9. The minimum absolute atomic E-state index is 0.118. The van der Waals surface area contributed by atoms with E-state index >= 15 is 0 Å². The lowest BCUT2D eigenvalue weighted by Crippen LogP contribution is -2.53. The van der Waals surface area contributed by atoms with E-state index < -0.39 is 28.5 Å². The van der Waals surface area contributed by atoms with Gasteiger partial charge in [0.05, 0.1) is 19.1 Å². The number of anilines is 1. The molecule has 0 spiro atoms. The molecule has 0 bridgehead atoms. The second-order valence-corrected chi connectivity index (χ2v) is 12.3. The first-order valence-electron chi connectivity index (χ1n) is 13.1. The molecule has 0 aliphatic carbocycles. The van der Waals surface area contributed by atoms with E-state index in [-0.39, 0.29) is 18.9 Å². The molecule has 3 aromatic rings. The van der Waals surface area contributed by atoms with Gasteiger partial charge in [0.1, 0.15) is 18.3 Å². The van der Waals surface area contributed by atoms with Crippen LogP contribution in [0.1, 0.15) is 30.9 Å². The third-order valence-corrected chi connectivity index (χ3v) is 8.00. The molecule has 0 saturated carbocycles. The number of nitrogens with one attached hydrogen (secondary N) is 1. The van der Waals surface area contributed by atoms with Crippen LogP contribution in [0.15, 0.2) is 83.3 Å². The number of halogens is 1. The number of methoxy groups -OCH3 is 1. The molecule has 0 fully saturated rings. The molecule has 0 aliphatic rings. The first kappa shape index (κ1) is 31.2. The van der Waals surface area contributed by atoms with Crippen molar-refractivity contribution in [2.24, 2.45) is 0 Å². The summed E-state index contributed by atoms with van der Waals surface area (Å²) in [6.45, 7) is 2.16. The summed E-state index contributed by atoms with van der Waals surface area (Å²) in [6, 6.07) is 22.6. The Kier molecular flexibility index (Phi) is 11.6. The Morgan fingerprint density at radius 3 is 2.33 bits per heavy atom. The van der Waals surface area contributed by atoms with Gasteiger partial charge < -0.3 is 15.0 Å². The minimum Gasteiger partial charge on any atom is -0.497 e. The molecule has 1 atom stereocenters. The average molecular weight is 631 g/mol. The lowest BCUT2D eigenvalue weighted by atomic mass is 10.0. The molecule has 0 saturated heterocycles. The van der Waals surface area contributed by atoms with Crippen molar-refractivity contribution in [1.82, 2.24) is 10.2 Å². The number of benzene rings is 3. The first-order chi connectivity index (χ1) is 19.1. The van der Waals surface area contributed by atoms with Crippen LogP contribution < -0.4 is 14.4 Å². The van der Waals surface area contributed by atoms with Gasteiger partial charge in [-0.1, -0.05) is 77.8 Å². The van der Waals surface area contributed by atoms with E-state index in [1.807, 2.05) is 61.5 Å². The van der Waals surface area contributed by atoms with E-state index in [4.69, 9.17) is 4.74 Å². The fraction of sp³-hybridized carbons (Fsp3) is 0.333. The van der Waals surface area contributed by atoms with Gasteiger partial charge in [0.15, 0.2) is 0 Å². The van der Waals surface area contributed by atoms with Crippen LogP contribution in [0.25, 0.3) is 0 Å². The number of hydrogen-bond donors (Lipinski definition) is 1.